The number of fused-ring (bicyclic) bond motifs is 1. The number of H-pyrrole nitrogens is 1. The summed E-state index contributed by atoms with van der Waals surface area (Å²) in [6.07, 6.45) is 6.52. The molecule has 1 aliphatic carbocycles. The van der Waals surface area contributed by atoms with Gasteiger partial charge in [0.1, 0.15) is 0 Å². The predicted octanol–water partition coefficient (Wildman–Crippen LogP) is 3.21. The van der Waals surface area contributed by atoms with Gasteiger partial charge in [0, 0.05) is 18.7 Å². The van der Waals surface area contributed by atoms with Gasteiger partial charge in [0.2, 0.25) is 0 Å². The molecule has 0 aliphatic heterocycles. The number of amides is 1. The van der Waals surface area contributed by atoms with Gasteiger partial charge in [-0.1, -0.05) is 19.8 Å². The monoisotopic (exact) mass is 271 g/mol. The first-order chi connectivity index (χ1) is 9.66. The third-order valence-electron chi connectivity index (χ3n) is 4.55. The molecule has 4 heteroatoms. The Labute approximate surface area is 119 Å². The molecule has 3 rings (SSSR count). The van der Waals surface area contributed by atoms with E-state index in [1.54, 1.807) is 6.33 Å². The summed E-state index contributed by atoms with van der Waals surface area (Å²) in [5, 5.41) is 0. The van der Waals surface area contributed by atoms with E-state index in [4.69, 9.17) is 0 Å². The lowest BCUT2D eigenvalue weighted by atomic mass is 9.85. The molecule has 106 valence electrons. The minimum atomic E-state index is 0.111. The van der Waals surface area contributed by atoms with Crippen molar-refractivity contribution < 1.29 is 4.79 Å². The Kier molecular flexibility index (Phi) is 3.47. The second kappa shape index (κ2) is 5.27. The van der Waals surface area contributed by atoms with Crippen molar-refractivity contribution in [3.05, 3.63) is 30.1 Å². The number of hydrogen-bond donors (Lipinski definition) is 1. The van der Waals surface area contributed by atoms with Crippen molar-refractivity contribution in [2.24, 2.45) is 5.92 Å². The molecule has 2 atom stereocenters. The van der Waals surface area contributed by atoms with E-state index in [-0.39, 0.29) is 5.91 Å². The zero-order valence-electron chi connectivity index (χ0n) is 12.1. The van der Waals surface area contributed by atoms with Gasteiger partial charge < -0.3 is 9.88 Å². The van der Waals surface area contributed by atoms with E-state index in [0.29, 0.717) is 12.0 Å². The molecular formula is C16H21N3O. The lowest BCUT2D eigenvalue weighted by Crippen LogP contribution is -2.42. The van der Waals surface area contributed by atoms with Crippen LogP contribution in [0.25, 0.3) is 11.0 Å². The van der Waals surface area contributed by atoms with Crippen LogP contribution in [0.2, 0.25) is 0 Å². The van der Waals surface area contributed by atoms with Crippen molar-refractivity contribution in [2.75, 3.05) is 7.05 Å². The Morgan fingerprint density at radius 3 is 2.95 bits per heavy atom. The molecule has 1 saturated carbocycles. The maximum Gasteiger partial charge on any atom is 0.253 e. The van der Waals surface area contributed by atoms with Crippen LogP contribution in [0.3, 0.4) is 0 Å². The first kappa shape index (κ1) is 13.2. The number of benzene rings is 1. The van der Waals surface area contributed by atoms with Crippen LogP contribution in [0.5, 0.6) is 0 Å². The van der Waals surface area contributed by atoms with E-state index in [0.717, 1.165) is 23.0 Å². The van der Waals surface area contributed by atoms with Gasteiger partial charge in [-0.25, -0.2) is 4.98 Å². The van der Waals surface area contributed by atoms with Crippen LogP contribution in [-0.2, 0) is 0 Å². The Bertz CT molecular complexity index is 619. The van der Waals surface area contributed by atoms with E-state index in [1.165, 1.54) is 19.3 Å². The Morgan fingerprint density at radius 1 is 1.35 bits per heavy atom. The molecule has 1 heterocycles. The van der Waals surface area contributed by atoms with Crippen LogP contribution >= 0.6 is 0 Å². The van der Waals surface area contributed by atoms with Gasteiger partial charge in [-0.05, 0) is 37.0 Å². The maximum absolute atomic E-state index is 12.6. The molecule has 0 radical (unpaired) electrons. The molecule has 2 unspecified atom stereocenters. The number of carbonyl (C=O) groups is 1. The highest BCUT2D eigenvalue weighted by molar-refractivity contribution is 5.97. The molecular weight excluding hydrogens is 250 g/mol. The third kappa shape index (κ3) is 2.30. The van der Waals surface area contributed by atoms with E-state index in [1.807, 2.05) is 30.1 Å². The summed E-state index contributed by atoms with van der Waals surface area (Å²) in [5.74, 6) is 0.703. The summed E-state index contributed by atoms with van der Waals surface area (Å²) in [4.78, 5) is 21.8. The van der Waals surface area contributed by atoms with Crippen LogP contribution in [0.1, 0.15) is 43.0 Å². The quantitative estimate of drug-likeness (QED) is 0.911. The van der Waals surface area contributed by atoms with Crippen molar-refractivity contribution in [1.29, 1.82) is 0 Å². The van der Waals surface area contributed by atoms with E-state index in [9.17, 15) is 4.79 Å². The smallest absolute Gasteiger partial charge is 0.253 e. The van der Waals surface area contributed by atoms with Gasteiger partial charge in [-0.2, -0.15) is 0 Å². The lowest BCUT2D eigenvalue weighted by Gasteiger charge is -2.36. The number of rotatable bonds is 2. The van der Waals surface area contributed by atoms with Crippen LogP contribution in [0.4, 0.5) is 0 Å². The molecule has 0 saturated heterocycles. The fraction of sp³-hybridized carbons (Fsp3) is 0.500. The summed E-state index contributed by atoms with van der Waals surface area (Å²) in [5.41, 5.74) is 2.55. The number of imidazole rings is 1. The van der Waals surface area contributed by atoms with E-state index >= 15 is 0 Å². The van der Waals surface area contributed by atoms with Crippen molar-refractivity contribution >= 4 is 16.9 Å². The predicted molar refractivity (Wildman–Crippen MR) is 79.6 cm³/mol. The molecule has 4 nitrogen and oxygen atoms in total. The first-order valence-corrected chi connectivity index (χ1v) is 7.37. The van der Waals surface area contributed by atoms with Crippen molar-refractivity contribution in [1.82, 2.24) is 14.9 Å². The number of carbonyl (C=O) groups excluding carboxylic acids is 1. The van der Waals surface area contributed by atoms with E-state index in [2.05, 4.69) is 16.9 Å². The van der Waals surface area contributed by atoms with Crippen LogP contribution < -0.4 is 0 Å². The normalized spacial score (nSPS) is 22.9. The summed E-state index contributed by atoms with van der Waals surface area (Å²) < 4.78 is 0. The van der Waals surface area contributed by atoms with Gasteiger partial charge in [0.15, 0.2) is 0 Å². The molecule has 1 fully saturated rings. The maximum atomic E-state index is 12.6. The number of hydrogen-bond acceptors (Lipinski definition) is 2. The summed E-state index contributed by atoms with van der Waals surface area (Å²) in [6, 6.07) is 6.04. The Balaban J connectivity index is 1.83. The van der Waals surface area contributed by atoms with Gasteiger partial charge in [0.25, 0.3) is 5.91 Å². The molecule has 0 spiro atoms. The average molecular weight is 271 g/mol. The standard InChI is InChI=1S/C16H21N3O/c1-11-5-3-4-6-15(11)19(2)16(20)12-7-8-13-14(9-12)18-10-17-13/h7-11,15H,3-6H2,1-2H3,(H,17,18). The van der Waals surface area contributed by atoms with E-state index < -0.39 is 0 Å². The van der Waals surface area contributed by atoms with Crippen molar-refractivity contribution in [2.45, 2.75) is 38.6 Å². The highest BCUT2D eigenvalue weighted by Crippen LogP contribution is 2.28. The average Bonchev–Trinajstić information content (AvgIpc) is 2.93. The van der Waals surface area contributed by atoms with Crippen LogP contribution in [0, 0.1) is 5.92 Å². The Hall–Kier alpha value is -1.84. The van der Waals surface area contributed by atoms with Crippen molar-refractivity contribution in [3.8, 4) is 0 Å². The summed E-state index contributed by atoms with van der Waals surface area (Å²) in [7, 11) is 1.94. The first-order valence-electron chi connectivity index (χ1n) is 7.37. The molecule has 0 bridgehead atoms. The van der Waals surface area contributed by atoms with Crippen LogP contribution in [-0.4, -0.2) is 33.9 Å². The van der Waals surface area contributed by atoms with Crippen molar-refractivity contribution in [3.63, 3.8) is 0 Å². The van der Waals surface area contributed by atoms with Gasteiger partial charge in [-0.15, -0.1) is 0 Å². The molecule has 1 aromatic carbocycles. The van der Waals surface area contributed by atoms with Crippen LogP contribution in [0.15, 0.2) is 24.5 Å². The van der Waals surface area contributed by atoms with Gasteiger partial charge in [0.05, 0.1) is 17.4 Å². The molecule has 1 aromatic heterocycles. The number of aromatic nitrogens is 2. The number of aromatic amines is 1. The minimum Gasteiger partial charge on any atom is -0.345 e. The second-order valence-corrected chi connectivity index (χ2v) is 5.88. The fourth-order valence-corrected chi connectivity index (χ4v) is 3.29. The van der Waals surface area contributed by atoms with Gasteiger partial charge >= 0.3 is 0 Å². The number of nitrogens with one attached hydrogen (secondary N) is 1. The zero-order chi connectivity index (χ0) is 14.1. The third-order valence-corrected chi connectivity index (χ3v) is 4.55. The fourth-order valence-electron chi connectivity index (χ4n) is 3.29. The summed E-state index contributed by atoms with van der Waals surface area (Å²) >= 11 is 0. The highest BCUT2D eigenvalue weighted by atomic mass is 16.2. The lowest BCUT2D eigenvalue weighted by molar-refractivity contribution is 0.0629. The Morgan fingerprint density at radius 2 is 2.15 bits per heavy atom. The molecule has 2 aromatic rings. The second-order valence-electron chi connectivity index (χ2n) is 5.88. The minimum absolute atomic E-state index is 0.111. The highest BCUT2D eigenvalue weighted by Gasteiger charge is 2.28. The zero-order valence-corrected chi connectivity index (χ0v) is 12.1. The topological polar surface area (TPSA) is 49.0 Å². The molecule has 20 heavy (non-hydrogen) atoms. The largest absolute Gasteiger partial charge is 0.345 e. The summed E-state index contributed by atoms with van der Waals surface area (Å²) in [6.45, 7) is 2.26. The molecule has 1 N–H and O–H groups in total. The molecule has 1 aliphatic rings. The molecule has 1 amide bonds. The number of nitrogens with zero attached hydrogens (tertiary/aromatic N) is 2. The SMILES string of the molecule is CC1CCCCC1N(C)C(=O)c1ccc2nc[nH]c2c1. The van der Waals surface area contributed by atoms with Gasteiger partial charge in [-0.3, -0.25) is 4.79 Å².